The quantitative estimate of drug-likeness (QED) is 0.351. The van der Waals surface area contributed by atoms with Gasteiger partial charge in [0.2, 0.25) is 0 Å². The lowest BCUT2D eigenvalue weighted by molar-refractivity contribution is -0.151. The van der Waals surface area contributed by atoms with Gasteiger partial charge in [-0.1, -0.05) is 19.1 Å². The number of ether oxygens (including phenoxy) is 3. The predicted octanol–water partition coefficient (Wildman–Crippen LogP) is 2.99. The van der Waals surface area contributed by atoms with Crippen LogP contribution in [0, 0.1) is 11.8 Å². The Hall–Kier alpha value is -3.72. The lowest BCUT2D eigenvalue weighted by Gasteiger charge is -2.37. The minimum absolute atomic E-state index is 0.00414. The average molecular weight is 496 g/mol. The van der Waals surface area contributed by atoms with Gasteiger partial charge in [-0.2, -0.15) is 0 Å². The molecule has 2 heterocycles. The molecule has 190 valence electrons. The van der Waals surface area contributed by atoms with Gasteiger partial charge in [0.1, 0.15) is 18.1 Å². The number of rotatable bonds is 7. The third kappa shape index (κ3) is 4.46. The van der Waals surface area contributed by atoms with Crippen LogP contribution in [0.25, 0.3) is 11.0 Å². The number of Topliss-reactive ketones (excluding diaryl/α,β-unsaturated/α-hetero) is 1. The van der Waals surface area contributed by atoms with E-state index >= 15 is 0 Å². The number of carbonyl (C=O) groups is 3. The number of hydrogen-bond donors (Lipinski definition) is 1. The van der Waals surface area contributed by atoms with E-state index in [4.69, 9.17) is 18.6 Å². The fraction of sp³-hybridized carbons (Fsp3) is 0.407. The Morgan fingerprint density at radius 3 is 2.64 bits per heavy atom. The maximum atomic E-state index is 13.8. The molecular weight excluding hydrogens is 466 g/mol. The zero-order chi connectivity index (χ0) is 26.0. The van der Waals surface area contributed by atoms with Crippen LogP contribution in [0.2, 0.25) is 0 Å². The van der Waals surface area contributed by atoms with Gasteiger partial charge in [0.05, 0.1) is 36.9 Å². The van der Waals surface area contributed by atoms with Gasteiger partial charge >= 0.3 is 11.9 Å². The number of allylic oxidation sites excluding steroid dienone is 3. The molecule has 2 aromatic rings. The minimum atomic E-state index is -1.08. The summed E-state index contributed by atoms with van der Waals surface area (Å²) in [5.74, 6) is -4.31. The highest BCUT2D eigenvalue weighted by atomic mass is 16.6. The summed E-state index contributed by atoms with van der Waals surface area (Å²) in [5, 5.41) is 3.49. The second kappa shape index (κ2) is 10.5. The second-order valence-corrected chi connectivity index (χ2v) is 8.88. The van der Waals surface area contributed by atoms with Crippen LogP contribution in [-0.2, 0) is 28.6 Å². The molecule has 0 fully saturated rings. The number of nitrogens with one attached hydrogen (secondary N) is 1. The molecule has 9 nitrogen and oxygen atoms in total. The molecule has 0 spiro atoms. The summed E-state index contributed by atoms with van der Waals surface area (Å²) in [7, 11) is 1.23. The Morgan fingerprint density at radius 2 is 1.92 bits per heavy atom. The first-order chi connectivity index (χ1) is 17.3. The van der Waals surface area contributed by atoms with Crippen LogP contribution in [0.4, 0.5) is 0 Å². The molecule has 1 aliphatic heterocycles. The van der Waals surface area contributed by atoms with Gasteiger partial charge in [-0.25, -0.2) is 4.79 Å². The molecule has 0 saturated carbocycles. The molecule has 3 atom stereocenters. The smallest absolute Gasteiger partial charge is 0.336 e. The van der Waals surface area contributed by atoms with Crippen molar-refractivity contribution in [1.82, 2.24) is 5.32 Å². The fourth-order valence-corrected chi connectivity index (χ4v) is 4.97. The number of methoxy groups -OCH3 is 1. The van der Waals surface area contributed by atoms with E-state index in [1.54, 1.807) is 38.1 Å². The van der Waals surface area contributed by atoms with E-state index in [1.165, 1.54) is 13.4 Å². The summed E-state index contributed by atoms with van der Waals surface area (Å²) in [6.45, 7) is 6.00. The number of para-hydroxylation sites is 1. The van der Waals surface area contributed by atoms with Crippen molar-refractivity contribution >= 4 is 28.7 Å². The van der Waals surface area contributed by atoms with Gasteiger partial charge in [-0.05, 0) is 38.3 Å². The van der Waals surface area contributed by atoms with Crippen molar-refractivity contribution < 1.29 is 33.0 Å². The van der Waals surface area contributed by atoms with Crippen LogP contribution in [0.3, 0.4) is 0 Å². The van der Waals surface area contributed by atoms with Crippen molar-refractivity contribution in [3.63, 3.8) is 0 Å². The maximum absolute atomic E-state index is 13.8. The first-order valence-corrected chi connectivity index (χ1v) is 11.9. The van der Waals surface area contributed by atoms with Gasteiger partial charge in [-0.15, -0.1) is 0 Å². The van der Waals surface area contributed by atoms with E-state index in [0.29, 0.717) is 35.4 Å². The highest BCUT2D eigenvalue weighted by molar-refractivity contribution is 6.12. The van der Waals surface area contributed by atoms with Crippen LogP contribution in [0.5, 0.6) is 0 Å². The SMILES string of the molecule is CCOCCOC(=O)C1=C(C)NC2=C(C(=O)[C@@H](C(=O)OC)[C@H](C)C2)[C@H]1c1coc2ccccc2c1=O. The normalized spacial score (nSPS) is 21.8. The molecule has 0 saturated heterocycles. The highest BCUT2D eigenvalue weighted by Gasteiger charge is 2.48. The van der Waals surface area contributed by atoms with Gasteiger partial charge in [-0.3, -0.25) is 14.4 Å². The molecule has 1 N–H and O–H groups in total. The van der Waals surface area contributed by atoms with E-state index in [2.05, 4.69) is 5.32 Å². The third-order valence-corrected chi connectivity index (χ3v) is 6.65. The summed E-state index contributed by atoms with van der Waals surface area (Å²) in [6, 6.07) is 6.74. The van der Waals surface area contributed by atoms with E-state index in [0.717, 1.165) is 0 Å². The lowest BCUT2D eigenvalue weighted by Crippen LogP contribution is -2.44. The number of ketones is 1. The van der Waals surface area contributed by atoms with Gasteiger partial charge < -0.3 is 23.9 Å². The number of hydrogen-bond acceptors (Lipinski definition) is 9. The van der Waals surface area contributed by atoms with Crippen LogP contribution in [0.1, 0.15) is 38.7 Å². The van der Waals surface area contributed by atoms with Gasteiger partial charge in [0, 0.05) is 29.1 Å². The van der Waals surface area contributed by atoms with E-state index in [-0.39, 0.29) is 41.3 Å². The summed E-state index contributed by atoms with van der Waals surface area (Å²) >= 11 is 0. The number of fused-ring (bicyclic) bond motifs is 1. The number of carbonyl (C=O) groups excluding carboxylic acids is 3. The monoisotopic (exact) mass is 495 g/mol. The average Bonchev–Trinajstić information content (AvgIpc) is 2.86. The second-order valence-electron chi connectivity index (χ2n) is 8.88. The summed E-state index contributed by atoms with van der Waals surface area (Å²) in [6.07, 6.45) is 1.64. The van der Waals surface area contributed by atoms with Crippen LogP contribution in [0.15, 0.2) is 62.3 Å². The van der Waals surface area contributed by atoms with Crippen LogP contribution >= 0.6 is 0 Å². The molecule has 0 amide bonds. The Morgan fingerprint density at radius 1 is 1.17 bits per heavy atom. The molecule has 0 bridgehead atoms. The van der Waals surface area contributed by atoms with Crippen molar-refractivity contribution in [1.29, 1.82) is 0 Å². The number of benzene rings is 1. The summed E-state index contributed by atoms with van der Waals surface area (Å²) < 4.78 is 21.3. The molecule has 9 heteroatoms. The first-order valence-electron chi connectivity index (χ1n) is 11.9. The van der Waals surface area contributed by atoms with Crippen LogP contribution in [-0.4, -0.2) is 44.7 Å². The molecule has 1 aromatic heterocycles. The Kier molecular flexibility index (Phi) is 7.40. The Labute approximate surface area is 208 Å². The van der Waals surface area contributed by atoms with Gasteiger partial charge in [0.15, 0.2) is 11.2 Å². The van der Waals surface area contributed by atoms with Crippen molar-refractivity contribution in [2.45, 2.75) is 33.1 Å². The Balaban J connectivity index is 1.88. The van der Waals surface area contributed by atoms with E-state index in [1.807, 2.05) is 6.92 Å². The minimum Gasteiger partial charge on any atom is -0.468 e. The lowest BCUT2D eigenvalue weighted by atomic mass is 9.69. The zero-order valence-electron chi connectivity index (χ0n) is 20.7. The molecule has 4 rings (SSSR count). The molecule has 1 aromatic carbocycles. The first kappa shape index (κ1) is 25.4. The van der Waals surface area contributed by atoms with Crippen LogP contribution < -0.4 is 10.7 Å². The molecular formula is C27H29NO8. The van der Waals surface area contributed by atoms with Crippen molar-refractivity contribution in [2.24, 2.45) is 11.8 Å². The standard InChI is InChI=1S/C27H29NO8/c1-5-34-10-11-35-27(32)21-15(3)28-18-12-14(2)20(26(31)33-4)25(30)23(18)22(21)17-13-36-19-9-7-6-8-16(19)24(17)29/h6-9,13-14,20,22,28H,5,10-12H2,1-4H3/t14-,20+,22+/m1/s1. The predicted molar refractivity (Wildman–Crippen MR) is 130 cm³/mol. The summed E-state index contributed by atoms with van der Waals surface area (Å²) in [4.78, 5) is 53.3. The van der Waals surface area contributed by atoms with E-state index in [9.17, 15) is 19.2 Å². The maximum Gasteiger partial charge on any atom is 0.336 e. The highest BCUT2D eigenvalue weighted by Crippen LogP contribution is 2.45. The molecule has 2 aliphatic rings. The zero-order valence-corrected chi connectivity index (χ0v) is 20.7. The molecule has 0 unspecified atom stereocenters. The third-order valence-electron chi connectivity index (χ3n) is 6.65. The van der Waals surface area contributed by atoms with Crippen molar-refractivity contribution in [3.05, 3.63) is 68.9 Å². The van der Waals surface area contributed by atoms with Gasteiger partial charge in [0.25, 0.3) is 0 Å². The fourth-order valence-electron chi connectivity index (χ4n) is 4.97. The van der Waals surface area contributed by atoms with E-state index < -0.39 is 29.6 Å². The largest absolute Gasteiger partial charge is 0.468 e. The molecule has 1 aliphatic carbocycles. The van der Waals surface area contributed by atoms with Crippen molar-refractivity contribution in [3.8, 4) is 0 Å². The Bertz CT molecular complexity index is 1330. The summed E-state index contributed by atoms with van der Waals surface area (Å²) in [5.41, 5.74) is 1.44. The number of esters is 2. The number of dihydropyridines is 1. The molecule has 36 heavy (non-hydrogen) atoms. The topological polar surface area (TPSA) is 121 Å². The van der Waals surface area contributed by atoms with Crippen molar-refractivity contribution in [2.75, 3.05) is 26.9 Å². The molecule has 0 radical (unpaired) electrons.